The molecule has 1 aromatic carbocycles. The Labute approximate surface area is 111 Å². The summed E-state index contributed by atoms with van der Waals surface area (Å²) in [4.78, 5) is 12.4. The van der Waals surface area contributed by atoms with Crippen LogP contribution in [0, 0.1) is 18.6 Å². The van der Waals surface area contributed by atoms with Gasteiger partial charge in [0.2, 0.25) is 0 Å². The summed E-state index contributed by atoms with van der Waals surface area (Å²) in [7, 11) is 0. The molecule has 0 atom stereocenters. The first-order valence-corrected chi connectivity index (χ1v) is 6.41. The summed E-state index contributed by atoms with van der Waals surface area (Å²) in [5.74, 6) is -1.25. The standard InChI is InChI=1S/C12H10F2N4S/c1-5-11(19-10(4-15)16-5)12-17-8-2-6(13)7(14)3-9(8)18-12/h2-3H,4,15H2,1H3,(H,17,18). The zero-order valence-corrected chi connectivity index (χ0v) is 10.8. The number of aromatic nitrogens is 3. The number of hydrogen-bond donors (Lipinski definition) is 2. The molecule has 0 unspecified atom stereocenters. The number of H-pyrrole nitrogens is 1. The van der Waals surface area contributed by atoms with Crippen molar-refractivity contribution in [2.75, 3.05) is 0 Å². The van der Waals surface area contributed by atoms with Gasteiger partial charge in [-0.25, -0.2) is 18.7 Å². The normalized spacial score (nSPS) is 11.4. The topological polar surface area (TPSA) is 67.6 Å². The number of aromatic amines is 1. The minimum atomic E-state index is -0.908. The summed E-state index contributed by atoms with van der Waals surface area (Å²) in [5.41, 5.74) is 7.18. The van der Waals surface area contributed by atoms with E-state index in [1.54, 1.807) is 0 Å². The van der Waals surface area contributed by atoms with Crippen LogP contribution in [0.4, 0.5) is 8.78 Å². The lowest BCUT2D eigenvalue weighted by Gasteiger charge is -1.90. The molecule has 7 heteroatoms. The molecule has 3 N–H and O–H groups in total. The predicted molar refractivity (Wildman–Crippen MR) is 69.7 cm³/mol. The van der Waals surface area contributed by atoms with Gasteiger partial charge < -0.3 is 10.7 Å². The number of rotatable bonds is 2. The van der Waals surface area contributed by atoms with Crippen LogP contribution in [-0.4, -0.2) is 15.0 Å². The van der Waals surface area contributed by atoms with Gasteiger partial charge >= 0.3 is 0 Å². The molecule has 19 heavy (non-hydrogen) atoms. The molecule has 0 aliphatic heterocycles. The molecule has 98 valence electrons. The van der Waals surface area contributed by atoms with E-state index in [2.05, 4.69) is 15.0 Å². The number of hydrogen-bond acceptors (Lipinski definition) is 4. The molecule has 3 rings (SSSR count). The highest BCUT2D eigenvalue weighted by molar-refractivity contribution is 7.15. The molecular weight excluding hydrogens is 270 g/mol. The molecule has 0 saturated carbocycles. The minimum absolute atomic E-state index is 0.356. The molecule has 0 radical (unpaired) electrons. The Morgan fingerprint density at radius 3 is 2.68 bits per heavy atom. The first-order valence-electron chi connectivity index (χ1n) is 5.60. The predicted octanol–water partition coefficient (Wildman–Crippen LogP) is 2.73. The van der Waals surface area contributed by atoms with Crippen LogP contribution in [0.25, 0.3) is 21.7 Å². The number of benzene rings is 1. The van der Waals surface area contributed by atoms with E-state index in [-0.39, 0.29) is 0 Å². The van der Waals surface area contributed by atoms with Crippen LogP contribution in [0.5, 0.6) is 0 Å². The van der Waals surface area contributed by atoms with Crippen LogP contribution in [0.15, 0.2) is 12.1 Å². The first kappa shape index (κ1) is 12.2. The van der Waals surface area contributed by atoms with Crippen molar-refractivity contribution in [1.82, 2.24) is 15.0 Å². The van der Waals surface area contributed by atoms with Gasteiger partial charge in [-0.05, 0) is 6.92 Å². The average molecular weight is 280 g/mol. The van der Waals surface area contributed by atoms with Crippen LogP contribution >= 0.6 is 11.3 Å². The van der Waals surface area contributed by atoms with Gasteiger partial charge in [-0.2, -0.15) is 0 Å². The van der Waals surface area contributed by atoms with E-state index in [9.17, 15) is 8.78 Å². The summed E-state index contributed by atoms with van der Waals surface area (Å²) in [6, 6.07) is 2.17. The Hall–Kier alpha value is -1.86. The number of fused-ring (bicyclic) bond motifs is 1. The highest BCUT2D eigenvalue weighted by Crippen LogP contribution is 2.29. The SMILES string of the molecule is Cc1nc(CN)sc1-c1nc2cc(F)c(F)cc2[nH]1. The fourth-order valence-corrected chi connectivity index (χ4v) is 2.76. The molecule has 0 aliphatic rings. The smallest absolute Gasteiger partial charge is 0.161 e. The molecule has 0 saturated heterocycles. The zero-order valence-electron chi connectivity index (χ0n) is 10.00. The van der Waals surface area contributed by atoms with Gasteiger partial charge in [0, 0.05) is 18.7 Å². The van der Waals surface area contributed by atoms with Gasteiger partial charge in [0.15, 0.2) is 17.5 Å². The second kappa shape index (κ2) is 4.36. The van der Waals surface area contributed by atoms with Gasteiger partial charge in [0.25, 0.3) is 0 Å². The maximum Gasteiger partial charge on any atom is 0.161 e. The Morgan fingerprint density at radius 2 is 2.00 bits per heavy atom. The van der Waals surface area contributed by atoms with E-state index in [4.69, 9.17) is 5.73 Å². The van der Waals surface area contributed by atoms with Crippen molar-refractivity contribution in [3.05, 3.63) is 34.5 Å². The minimum Gasteiger partial charge on any atom is -0.337 e. The van der Waals surface area contributed by atoms with E-state index in [0.29, 0.717) is 23.4 Å². The molecule has 0 aliphatic carbocycles. The third-order valence-electron chi connectivity index (χ3n) is 2.75. The maximum atomic E-state index is 13.1. The molecule has 2 aromatic heterocycles. The molecule has 2 heterocycles. The number of nitrogens with zero attached hydrogens (tertiary/aromatic N) is 2. The van der Waals surface area contributed by atoms with Crippen molar-refractivity contribution in [1.29, 1.82) is 0 Å². The highest BCUT2D eigenvalue weighted by Gasteiger charge is 2.14. The fraction of sp³-hybridized carbons (Fsp3) is 0.167. The monoisotopic (exact) mass is 280 g/mol. The van der Waals surface area contributed by atoms with E-state index < -0.39 is 11.6 Å². The van der Waals surface area contributed by atoms with Crippen LogP contribution < -0.4 is 5.73 Å². The lowest BCUT2D eigenvalue weighted by molar-refractivity contribution is 0.510. The first-order chi connectivity index (χ1) is 9.08. The van der Waals surface area contributed by atoms with Crippen molar-refractivity contribution < 1.29 is 8.78 Å². The number of halogens is 2. The van der Waals surface area contributed by atoms with E-state index in [0.717, 1.165) is 27.7 Å². The van der Waals surface area contributed by atoms with Crippen molar-refractivity contribution in [2.24, 2.45) is 5.73 Å². The quantitative estimate of drug-likeness (QED) is 0.758. The molecule has 0 bridgehead atoms. The van der Waals surface area contributed by atoms with Crippen LogP contribution in [-0.2, 0) is 6.54 Å². The molecule has 0 amide bonds. The number of nitrogens with two attached hydrogens (primary N) is 1. The summed E-state index contributed by atoms with van der Waals surface area (Å²) >= 11 is 1.42. The lowest BCUT2D eigenvalue weighted by Crippen LogP contribution is -1.94. The molecule has 3 aromatic rings. The second-order valence-electron chi connectivity index (χ2n) is 4.10. The Balaban J connectivity index is 2.17. The molecule has 4 nitrogen and oxygen atoms in total. The fourth-order valence-electron chi connectivity index (χ4n) is 1.87. The Morgan fingerprint density at radius 1 is 1.26 bits per heavy atom. The summed E-state index contributed by atoms with van der Waals surface area (Å²) in [5, 5.41) is 0.797. The lowest BCUT2D eigenvalue weighted by atomic mass is 10.3. The highest BCUT2D eigenvalue weighted by atomic mass is 32.1. The number of nitrogens with one attached hydrogen (secondary N) is 1. The Kier molecular flexibility index (Phi) is 2.79. The zero-order chi connectivity index (χ0) is 13.6. The van der Waals surface area contributed by atoms with Crippen molar-refractivity contribution in [3.8, 4) is 10.7 Å². The third-order valence-corrected chi connectivity index (χ3v) is 3.94. The van der Waals surface area contributed by atoms with Crippen molar-refractivity contribution >= 4 is 22.4 Å². The maximum absolute atomic E-state index is 13.1. The van der Waals surface area contributed by atoms with E-state index >= 15 is 0 Å². The van der Waals surface area contributed by atoms with Crippen molar-refractivity contribution in [3.63, 3.8) is 0 Å². The van der Waals surface area contributed by atoms with E-state index in [1.165, 1.54) is 11.3 Å². The average Bonchev–Trinajstić information content (AvgIpc) is 2.93. The number of thiazole rings is 1. The van der Waals surface area contributed by atoms with Gasteiger partial charge in [-0.3, -0.25) is 0 Å². The third kappa shape index (κ3) is 2.00. The van der Waals surface area contributed by atoms with Crippen LogP contribution in [0.2, 0.25) is 0 Å². The van der Waals surface area contributed by atoms with Gasteiger partial charge in [-0.1, -0.05) is 0 Å². The molecule has 0 spiro atoms. The van der Waals surface area contributed by atoms with Crippen molar-refractivity contribution in [2.45, 2.75) is 13.5 Å². The molecular formula is C12H10F2N4S. The second-order valence-corrected chi connectivity index (χ2v) is 5.18. The van der Waals surface area contributed by atoms with Gasteiger partial charge in [0.1, 0.15) is 5.01 Å². The summed E-state index contributed by atoms with van der Waals surface area (Å²) < 4.78 is 26.3. The van der Waals surface area contributed by atoms with E-state index in [1.807, 2.05) is 6.92 Å². The van der Waals surface area contributed by atoms with Crippen LogP contribution in [0.3, 0.4) is 0 Å². The largest absolute Gasteiger partial charge is 0.337 e. The van der Waals surface area contributed by atoms with Gasteiger partial charge in [0.05, 0.1) is 21.6 Å². The van der Waals surface area contributed by atoms with Gasteiger partial charge in [-0.15, -0.1) is 11.3 Å². The van der Waals surface area contributed by atoms with Crippen LogP contribution in [0.1, 0.15) is 10.7 Å². The number of imidazole rings is 1. The molecule has 0 fully saturated rings. The number of aryl methyl sites for hydroxylation is 1. The summed E-state index contributed by atoms with van der Waals surface area (Å²) in [6.45, 7) is 2.20. The summed E-state index contributed by atoms with van der Waals surface area (Å²) in [6.07, 6.45) is 0. The Bertz CT molecular complexity index is 724.